The van der Waals surface area contributed by atoms with Gasteiger partial charge in [0.05, 0.1) is 18.3 Å². The highest BCUT2D eigenvalue weighted by atomic mass is 28.4. The number of aliphatic carboxylic acids is 1. The number of aliphatic hydroxyl groups excluding tert-OH is 2. The van der Waals surface area contributed by atoms with Crippen LogP contribution in [0.15, 0.2) is 24.3 Å². The molecule has 0 aromatic heterocycles. The third-order valence-corrected chi connectivity index (χ3v) is 11.6. The summed E-state index contributed by atoms with van der Waals surface area (Å²) in [6.07, 6.45) is 14.1. The minimum atomic E-state index is -1.99. The van der Waals surface area contributed by atoms with Gasteiger partial charge in [-0.1, -0.05) is 71.3 Å². The van der Waals surface area contributed by atoms with Gasteiger partial charge >= 0.3 is 5.97 Å². The number of carbonyl (C=O) groups is 1. The highest BCUT2D eigenvalue weighted by Gasteiger charge is 2.46. The molecule has 0 aliphatic heterocycles. The summed E-state index contributed by atoms with van der Waals surface area (Å²) >= 11 is 0. The van der Waals surface area contributed by atoms with Crippen molar-refractivity contribution in [3.63, 3.8) is 0 Å². The standard InChI is InChI=1S/C26H48O5Si/c1-7-8-11-14-20(27)17-18-22-21(15-12-9-10-13-16-25(29)30)23(28)19-24(22)31-32(5,6)26(2,3)4/h9,12,17-18,20-24,27-28H,7-8,10-11,13-16,19H2,1-6H3,(H,29,30)/b12-9-,18-17+/t20-,21+,22-,23-,24+/m0/s1. The molecule has 0 aromatic rings. The molecule has 0 heterocycles. The maximum absolute atomic E-state index is 10.9. The molecule has 5 nitrogen and oxygen atoms in total. The van der Waals surface area contributed by atoms with Gasteiger partial charge in [0.15, 0.2) is 8.32 Å². The first-order chi connectivity index (χ1) is 14.9. The molecule has 1 saturated carbocycles. The van der Waals surface area contributed by atoms with E-state index in [1.165, 1.54) is 0 Å². The first-order valence-corrected chi connectivity index (χ1v) is 15.4. The van der Waals surface area contributed by atoms with Crippen molar-refractivity contribution in [2.24, 2.45) is 11.8 Å². The molecule has 0 unspecified atom stereocenters. The zero-order chi connectivity index (χ0) is 24.4. The maximum Gasteiger partial charge on any atom is 0.303 e. The molecule has 6 heteroatoms. The van der Waals surface area contributed by atoms with Gasteiger partial charge in [-0.25, -0.2) is 0 Å². The van der Waals surface area contributed by atoms with E-state index < -0.39 is 26.5 Å². The topological polar surface area (TPSA) is 87.0 Å². The van der Waals surface area contributed by atoms with Gasteiger partial charge in [0, 0.05) is 12.3 Å². The highest BCUT2D eigenvalue weighted by Crippen LogP contribution is 2.44. The summed E-state index contributed by atoms with van der Waals surface area (Å²) in [5, 5.41) is 30.1. The number of hydrogen-bond donors (Lipinski definition) is 3. The molecule has 0 bridgehead atoms. The van der Waals surface area contributed by atoms with E-state index in [2.05, 4.69) is 52.9 Å². The van der Waals surface area contributed by atoms with Crippen molar-refractivity contribution in [1.29, 1.82) is 0 Å². The van der Waals surface area contributed by atoms with Crippen LogP contribution in [0.25, 0.3) is 0 Å². The lowest BCUT2D eigenvalue weighted by Crippen LogP contribution is -2.45. The monoisotopic (exact) mass is 468 g/mol. The summed E-state index contributed by atoms with van der Waals surface area (Å²) in [6.45, 7) is 13.3. The molecule has 3 N–H and O–H groups in total. The Morgan fingerprint density at radius 1 is 1.19 bits per heavy atom. The first-order valence-electron chi connectivity index (χ1n) is 12.5. The van der Waals surface area contributed by atoms with Crippen LogP contribution >= 0.6 is 0 Å². The summed E-state index contributed by atoms with van der Waals surface area (Å²) in [6, 6.07) is 0. The maximum atomic E-state index is 10.9. The normalized spacial score (nSPS) is 25.8. The molecular weight excluding hydrogens is 420 g/mol. The molecule has 5 atom stereocenters. The van der Waals surface area contributed by atoms with Crippen molar-refractivity contribution in [2.75, 3.05) is 0 Å². The van der Waals surface area contributed by atoms with E-state index >= 15 is 0 Å². The smallest absolute Gasteiger partial charge is 0.303 e. The van der Waals surface area contributed by atoms with E-state index in [1.54, 1.807) is 0 Å². The van der Waals surface area contributed by atoms with E-state index in [9.17, 15) is 15.0 Å². The van der Waals surface area contributed by atoms with Crippen LogP contribution in [-0.2, 0) is 9.22 Å². The quantitative estimate of drug-likeness (QED) is 0.163. The van der Waals surface area contributed by atoms with E-state index in [0.717, 1.165) is 38.5 Å². The second-order valence-electron chi connectivity index (χ2n) is 10.9. The van der Waals surface area contributed by atoms with Crippen molar-refractivity contribution < 1.29 is 24.5 Å². The zero-order valence-corrected chi connectivity index (χ0v) is 22.2. The number of aliphatic hydroxyl groups is 2. The molecule has 0 aromatic carbocycles. The van der Waals surface area contributed by atoms with Crippen molar-refractivity contribution in [3.05, 3.63) is 24.3 Å². The van der Waals surface area contributed by atoms with Crippen LogP contribution in [0.1, 0.15) is 85.5 Å². The molecule has 32 heavy (non-hydrogen) atoms. The minimum Gasteiger partial charge on any atom is -0.481 e. The summed E-state index contributed by atoms with van der Waals surface area (Å²) in [5.41, 5.74) is 0. The molecule has 0 amide bonds. The molecule has 0 spiro atoms. The Bertz CT molecular complexity index is 608. The van der Waals surface area contributed by atoms with Crippen molar-refractivity contribution in [1.82, 2.24) is 0 Å². The zero-order valence-electron chi connectivity index (χ0n) is 21.2. The van der Waals surface area contributed by atoms with Gasteiger partial charge in [-0.2, -0.15) is 0 Å². The van der Waals surface area contributed by atoms with E-state index in [0.29, 0.717) is 12.8 Å². The molecule has 0 saturated heterocycles. The van der Waals surface area contributed by atoms with Gasteiger partial charge in [0.25, 0.3) is 0 Å². The van der Waals surface area contributed by atoms with E-state index in [4.69, 9.17) is 9.53 Å². The van der Waals surface area contributed by atoms with Crippen molar-refractivity contribution in [2.45, 2.75) is 122 Å². The summed E-state index contributed by atoms with van der Waals surface area (Å²) < 4.78 is 6.74. The van der Waals surface area contributed by atoms with Gasteiger partial charge in [-0.15, -0.1) is 0 Å². The molecule has 1 fully saturated rings. The molecule has 1 aliphatic rings. The number of carboxylic acid groups (broad SMARTS) is 1. The molecule has 0 radical (unpaired) electrons. The fourth-order valence-corrected chi connectivity index (χ4v) is 5.43. The first kappa shape index (κ1) is 29.1. The van der Waals surface area contributed by atoms with E-state index in [1.807, 2.05) is 12.2 Å². The minimum absolute atomic E-state index is 0.0413. The Balaban J connectivity index is 2.89. The van der Waals surface area contributed by atoms with Gasteiger partial charge in [-0.3, -0.25) is 4.79 Å². The number of carboxylic acids is 1. The Morgan fingerprint density at radius 2 is 1.88 bits per heavy atom. The van der Waals surface area contributed by atoms with Gasteiger partial charge in [-0.05, 0) is 56.2 Å². The Kier molecular flexibility index (Phi) is 12.4. The lowest BCUT2D eigenvalue weighted by Gasteiger charge is -2.40. The fourth-order valence-electron chi connectivity index (χ4n) is 4.06. The Labute approximate surface area is 197 Å². The van der Waals surface area contributed by atoms with Gasteiger partial charge in [0.1, 0.15) is 0 Å². The Hall–Kier alpha value is -0.953. The SMILES string of the molecule is CCCCC[C@H](O)/C=C/[C@H]1[C@@H](C/C=C\CCCC(=O)O)[C@@H](O)C[C@H]1O[Si](C)(C)C(C)(C)C. The highest BCUT2D eigenvalue weighted by molar-refractivity contribution is 6.74. The van der Waals surface area contributed by atoms with Crippen LogP contribution in [0.2, 0.25) is 18.1 Å². The third-order valence-electron chi connectivity index (χ3n) is 7.14. The van der Waals surface area contributed by atoms with Crippen LogP contribution in [0.4, 0.5) is 0 Å². The molecule has 186 valence electrons. The second-order valence-corrected chi connectivity index (χ2v) is 15.7. The molecule has 1 rings (SSSR count). The van der Waals surface area contributed by atoms with E-state index in [-0.39, 0.29) is 29.4 Å². The molecular formula is C26H48O5Si. The average Bonchev–Trinajstić information content (AvgIpc) is 2.95. The second kappa shape index (κ2) is 13.7. The van der Waals surface area contributed by atoms with Crippen LogP contribution < -0.4 is 0 Å². The third kappa shape index (κ3) is 9.90. The number of unbranched alkanes of at least 4 members (excludes halogenated alkanes) is 3. The Morgan fingerprint density at radius 3 is 2.47 bits per heavy atom. The molecule has 1 aliphatic carbocycles. The largest absolute Gasteiger partial charge is 0.481 e. The average molecular weight is 469 g/mol. The lowest BCUT2D eigenvalue weighted by atomic mass is 9.89. The summed E-state index contributed by atoms with van der Waals surface area (Å²) in [4.78, 5) is 10.7. The number of hydrogen-bond acceptors (Lipinski definition) is 4. The number of allylic oxidation sites excluding steroid dienone is 2. The summed E-state index contributed by atoms with van der Waals surface area (Å²) in [5.74, 6) is -0.666. The van der Waals surface area contributed by atoms with Crippen molar-refractivity contribution >= 4 is 14.3 Å². The van der Waals surface area contributed by atoms with Crippen LogP contribution in [0.5, 0.6) is 0 Å². The lowest BCUT2D eigenvalue weighted by molar-refractivity contribution is -0.137. The van der Waals surface area contributed by atoms with Crippen molar-refractivity contribution in [3.8, 4) is 0 Å². The van der Waals surface area contributed by atoms with Gasteiger partial charge < -0.3 is 19.7 Å². The van der Waals surface area contributed by atoms with Crippen LogP contribution in [0.3, 0.4) is 0 Å². The predicted octanol–water partition coefficient (Wildman–Crippen LogP) is 6.07. The van der Waals surface area contributed by atoms with Gasteiger partial charge in [0.2, 0.25) is 0 Å². The van der Waals surface area contributed by atoms with Crippen LogP contribution in [0, 0.1) is 11.8 Å². The fraction of sp³-hybridized carbons (Fsp3) is 0.808. The van der Waals surface area contributed by atoms with Crippen LogP contribution in [-0.4, -0.2) is 47.9 Å². The predicted molar refractivity (Wildman–Crippen MR) is 134 cm³/mol. The summed E-state index contributed by atoms with van der Waals surface area (Å²) in [7, 11) is -1.99. The number of rotatable bonds is 14.